The zero-order chi connectivity index (χ0) is 16.5. The van der Waals surface area contributed by atoms with Gasteiger partial charge in [0, 0.05) is 4.47 Å². The van der Waals surface area contributed by atoms with E-state index in [9.17, 15) is 18.0 Å². The van der Waals surface area contributed by atoms with Crippen molar-refractivity contribution in [3.05, 3.63) is 39.3 Å². The highest BCUT2D eigenvalue weighted by atomic mass is 79.9. The molecule has 1 amide bonds. The molecule has 0 saturated heterocycles. The first-order valence-corrected chi connectivity index (χ1v) is 7.49. The van der Waals surface area contributed by atoms with Gasteiger partial charge in [0.05, 0.1) is 0 Å². The Kier molecular flexibility index (Phi) is 6.13. The number of carbonyl (C=O) groups excluding carboxylic acids is 1. The molecule has 0 aliphatic rings. The lowest BCUT2D eigenvalue weighted by atomic mass is 9.92. The molecule has 1 unspecified atom stereocenters. The number of alkyl halides is 3. The molecule has 23 heavy (non-hydrogen) atoms. The Morgan fingerprint density at radius 2 is 1.83 bits per heavy atom. The Balaban J connectivity index is 0.00000264. The minimum Gasteiger partial charge on any atom is -0.314 e. The van der Waals surface area contributed by atoms with E-state index in [0.717, 1.165) is 4.47 Å². The number of hydrogen-bond donors (Lipinski definition) is 2. The quantitative estimate of drug-likeness (QED) is 0.779. The van der Waals surface area contributed by atoms with Crippen LogP contribution >= 0.6 is 39.7 Å². The van der Waals surface area contributed by atoms with Gasteiger partial charge in [0.25, 0.3) is 5.91 Å². The van der Waals surface area contributed by atoms with E-state index < -0.39 is 22.6 Å². The summed E-state index contributed by atoms with van der Waals surface area (Å²) in [5, 5.41) is 7.15. The van der Waals surface area contributed by atoms with Crippen LogP contribution in [0.3, 0.4) is 0 Å². The molecule has 1 aromatic carbocycles. The lowest BCUT2D eigenvalue weighted by molar-refractivity contribution is -0.138. The van der Waals surface area contributed by atoms with Crippen LogP contribution in [0.25, 0.3) is 0 Å². The first kappa shape index (κ1) is 19.8. The number of benzene rings is 1. The number of rotatable bonds is 3. The number of aromatic nitrogens is 2. The zero-order valence-electron chi connectivity index (χ0n) is 11.5. The summed E-state index contributed by atoms with van der Waals surface area (Å²) in [5.41, 5.74) is 5.06. The summed E-state index contributed by atoms with van der Waals surface area (Å²) < 4.78 is 38.1. The van der Waals surface area contributed by atoms with Gasteiger partial charge in [0.1, 0.15) is 5.54 Å². The van der Waals surface area contributed by atoms with E-state index in [1.54, 1.807) is 24.3 Å². The molecule has 0 aliphatic heterocycles. The standard InChI is InChI=1S/C12H10BrF3N4OS.ClH/c1-11(17,6-2-4-7(13)5-3-6)8(21)18-10-20-19-9(22-10)12(14,15)16;/h2-5H,17H2,1H3,(H,18,20,21);1H. The summed E-state index contributed by atoms with van der Waals surface area (Å²) in [6, 6.07) is 6.71. The Bertz CT molecular complexity index is 690. The van der Waals surface area contributed by atoms with E-state index in [4.69, 9.17) is 5.73 Å². The third-order valence-electron chi connectivity index (χ3n) is 2.80. The topological polar surface area (TPSA) is 80.9 Å². The fourth-order valence-electron chi connectivity index (χ4n) is 1.54. The van der Waals surface area contributed by atoms with Crippen LogP contribution in [-0.4, -0.2) is 16.1 Å². The molecule has 2 aromatic rings. The highest BCUT2D eigenvalue weighted by Crippen LogP contribution is 2.33. The molecule has 1 atom stereocenters. The Morgan fingerprint density at radius 1 is 1.26 bits per heavy atom. The fraction of sp³-hybridized carbons (Fsp3) is 0.250. The van der Waals surface area contributed by atoms with Crippen molar-refractivity contribution in [2.75, 3.05) is 5.32 Å². The minimum atomic E-state index is -4.60. The normalized spacial score (nSPS) is 13.8. The SMILES string of the molecule is CC(N)(C(=O)Nc1nnc(C(F)(F)F)s1)c1ccc(Br)cc1.Cl. The Labute approximate surface area is 148 Å². The molecule has 2 rings (SSSR count). The van der Waals surface area contributed by atoms with Gasteiger partial charge < -0.3 is 5.73 Å². The van der Waals surface area contributed by atoms with Gasteiger partial charge in [0.2, 0.25) is 10.1 Å². The molecule has 11 heteroatoms. The maximum Gasteiger partial charge on any atom is 0.445 e. The third-order valence-corrected chi connectivity index (χ3v) is 4.22. The second-order valence-corrected chi connectivity index (χ2v) is 6.47. The maximum atomic E-state index is 12.4. The lowest BCUT2D eigenvalue weighted by Gasteiger charge is -2.23. The molecule has 0 fully saturated rings. The molecule has 1 heterocycles. The summed E-state index contributed by atoms with van der Waals surface area (Å²) in [4.78, 5) is 12.2. The smallest absolute Gasteiger partial charge is 0.314 e. The predicted molar refractivity (Wildman–Crippen MR) is 86.5 cm³/mol. The van der Waals surface area contributed by atoms with E-state index in [2.05, 4.69) is 31.4 Å². The molecule has 0 bridgehead atoms. The number of hydrogen-bond acceptors (Lipinski definition) is 5. The van der Waals surface area contributed by atoms with Crippen molar-refractivity contribution < 1.29 is 18.0 Å². The molecule has 3 N–H and O–H groups in total. The number of anilines is 1. The summed E-state index contributed by atoms with van der Waals surface area (Å²) in [7, 11) is 0. The summed E-state index contributed by atoms with van der Waals surface area (Å²) in [5.74, 6) is -0.681. The summed E-state index contributed by atoms with van der Waals surface area (Å²) in [6.07, 6.45) is -4.60. The average molecular weight is 432 g/mol. The number of halogens is 5. The molecule has 0 spiro atoms. The number of carbonyl (C=O) groups is 1. The highest BCUT2D eigenvalue weighted by Gasteiger charge is 2.37. The predicted octanol–water partition coefficient (Wildman–Crippen LogP) is 3.55. The van der Waals surface area contributed by atoms with Crippen molar-refractivity contribution in [1.82, 2.24) is 10.2 Å². The molecule has 0 radical (unpaired) electrons. The number of nitrogens with one attached hydrogen (secondary N) is 1. The molecular formula is C12H11BrClF3N4OS. The van der Waals surface area contributed by atoms with E-state index in [1.165, 1.54) is 6.92 Å². The van der Waals surface area contributed by atoms with Crippen molar-refractivity contribution in [1.29, 1.82) is 0 Å². The molecule has 0 aliphatic carbocycles. The van der Waals surface area contributed by atoms with Crippen LogP contribution in [0.2, 0.25) is 0 Å². The first-order valence-electron chi connectivity index (χ1n) is 5.88. The van der Waals surface area contributed by atoms with Gasteiger partial charge >= 0.3 is 6.18 Å². The summed E-state index contributed by atoms with van der Waals surface area (Å²) >= 11 is 3.50. The van der Waals surface area contributed by atoms with Crippen LogP contribution in [0.4, 0.5) is 18.3 Å². The van der Waals surface area contributed by atoms with Crippen molar-refractivity contribution >= 4 is 50.7 Å². The van der Waals surface area contributed by atoms with E-state index in [0.29, 0.717) is 5.56 Å². The van der Waals surface area contributed by atoms with Gasteiger partial charge in [-0.15, -0.1) is 22.6 Å². The largest absolute Gasteiger partial charge is 0.445 e. The Hall–Kier alpha value is -1.23. The Morgan fingerprint density at radius 3 is 2.30 bits per heavy atom. The van der Waals surface area contributed by atoms with Gasteiger partial charge in [-0.3, -0.25) is 10.1 Å². The van der Waals surface area contributed by atoms with Crippen molar-refractivity contribution in [3.8, 4) is 0 Å². The molecule has 5 nitrogen and oxygen atoms in total. The molecule has 126 valence electrons. The van der Waals surface area contributed by atoms with Crippen LogP contribution in [0, 0.1) is 0 Å². The monoisotopic (exact) mass is 430 g/mol. The zero-order valence-corrected chi connectivity index (χ0v) is 14.7. The highest BCUT2D eigenvalue weighted by molar-refractivity contribution is 9.10. The molecule has 1 aromatic heterocycles. The average Bonchev–Trinajstić information content (AvgIpc) is 2.87. The maximum absolute atomic E-state index is 12.4. The fourth-order valence-corrected chi connectivity index (χ4v) is 2.41. The second-order valence-electron chi connectivity index (χ2n) is 4.57. The number of nitrogens with two attached hydrogens (primary N) is 1. The van der Waals surface area contributed by atoms with E-state index in [1.807, 2.05) is 0 Å². The van der Waals surface area contributed by atoms with Gasteiger partial charge in [-0.1, -0.05) is 39.4 Å². The van der Waals surface area contributed by atoms with Crippen LogP contribution in [-0.2, 0) is 16.5 Å². The molecular weight excluding hydrogens is 421 g/mol. The van der Waals surface area contributed by atoms with E-state index >= 15 is 0 Å². The van der Waals surface area contributed by atoms with Crippen LogP contribution < -0.4 is 11.1 Å². The van der Waals surface area contributed by atoms with E-state index in [-0.39, 0.29) is 28.9 Å². The van der Waals surface area contributed by atoms with Crippen LogP contribution in [0.15, 0.2) is 28.7 Å². The molecule has 0 saturated carbocycles. The second kappa shape index (κ2) is 7.12. The van der Waals surface area contributed by atoms with Crippen LogP contribution in [0.5, 0.6) is 0 Å². The number of amides is 1. The van der Waals surface area contributed by atoms with Crippen LogP contribution in [0.1, 0.15) is 17.5 Å². The van der Waals surface area contributed by atoms with Gasteiger partial charge in [-0.25, -0.2) is 0 Å². The van der Waals surface area contributed by atoms with Crippen molar-refractivity contribution in [2.24, 2.45) is 5.73 Å². The van der Waals surface area contributed by atoms with Gasteiger partial charge in [0.15, 0.2) is 0 Å². The first-order chi connectivity index (χ1) is 10.1. The van der Waals surface area contributed by atoms with Gasteiger partial charge in [-0.2, -0.15) is 13.2 Å². The summed E-state index contributed by atoms with van der Waals surface area (Å²) in [6.45, 7) is 1.46. The third kappa shape index (κ3) is 4.63. The van der Waals surface area contributed by atoms with Crippen molar-refractivity contribution in [2.45, 2.75) is 18.6 Å². The number of nitrogens with zero attached hydrogens (tertiary/aromatic N) is 2. The minimum absolute atomic E-state index is 0. The lowest BCUT2D eigenvalue weighted by Crippen LogP contribution is -2.45. The van der Waals surface area contributed by atoms with Gasteiger partial charge in [-0.05, 0) is 24.6 Å². The van der Waals surface area contributed by atoms with Crippen molar-refractivity contribution in [3.63, 3.8) is 0 Å².